The number of nitrogens with one attached hydrogen (secondary N) is 1. The minimum Gasteiger partial charge on any atom is -0.465 e. The summed E-state index contributed by atoms with van der Waals surface area (Å²) in [6, 6.07) is -0.472. The van der Waals surface area contributed by atoms with E-state index in [1.54, 1.807) is 20.8 Å². The predicted octanol–water partition coefficient (Wildman–Crippen LogP) is 4.43. The standard InChI is InChI=1S/C19H38N2O5Si/c1-13(26-27(8,9)19(5,6)7)15-11-10-14(12-21(15)17(23)24)20-16(22)25-18(2,3)4/h13-15H,10-12H2,1-9H3,(H,20,22)(H,23,24). The summed E-state index contributed by atoms with van der Waals surface area (Å²) in [4.78, 5) is 25.2. The third kappa shape index (κ3) is 6.99. The first-order chi connectivity index (χ1) is 12.0. The van der Waals surface area contributed by atoms with Crippen molar-refractivity contribution in [1.82, 2.24) is 10.2 Å². The zero-order valence-corrected chi connectivity index (χ0v) is 19.4. The van der Waals surface area contributed by atoms with Crippen molar-refractivity contribution in [3.63, 3.8) is 0 Å². The minimum absolute atomic E-state index is 0.0603. The lowest BCUT2D eigenvalue weighted by molar-refractivity contribution is 0.0251. The van der Waals surface area contributed by atoms with Crippen LogP contribution in [-0.2, 0) is 9.16 Å². The number of hydrogen-bond acceptors (Lipinski definition) is 4. The predicted molar refractivity (Wildman–Crippen MR) is 109 cm³/mol. The molecule has 0 saturated carbocycles. The van der Waals surface area contributed by atoms with Gasteiger partial charge in [0.2, 0.25) is 0 Å². The summed E-state index contributed by atoms with van der Waals surface area (Å²) in [6.07, 6.45) is -0.353. The monoisotopic (exact) mass is 402 g/mol. The van der Waals surface area contributed by atoms with Crippen molar-refractivity contribution in [2.24, 2.45) is 0 Å². The molecule has 27 heavy (non-hydrogen) atoms. The second-order valence-corrected chi connectivity index (χ2v) is 14.8. The Bertz CT molecular complexity index is 539. The fourth-order valence-electron chi connectivity index (χ4n) is 3.01. The largest absolute Gasteiger partial charge is 0.465 e. The Morgan fingerprint density at radius 3 is 2.15 bits per heavy atom. The maximum atomic E-state index is 12.0. The Morgan fingerprint density at radius 1 is 1.15 bits per heavy atom. The fourth-order valence-corrected chi connectivity index (χ4v) is 4.45. The van der Waals surface area contributed by atoms with Crippen LogP contribution in [0.5, 0.6) is 0 Å². The Kier molecular flexibility index (Phi) is 7.38. The molecule has 1 fully saturated rings. The van der Waals surface area contributed by atoms with Gasteiger partial charge in [0, 0.05) is 12.6 Å². The molecule has 1 heterocycles. The van der Waals surface area contributed by atoms with Gasteiger partial charge in [-0.15, -0.1) is 0 Å². The molecule has 3 atom stereocenters. The maximum absolute atomic E-state index is 12.0. The molecular weight excluding hydrogens is 364 g/mol. The van der Waals surface area contributed by atoms with Crippen LogP contribution in [0, 0.1) is 0 Å². The third-order valence-corrected chi connectivity index (χ3v) is 10.00. The average molecular weight is 403 g/mol. The number of carbonyl (C=O) groups is 2. The first kappa shape index (κ1) is 23.8. The van der Waals surface area contributed by atoms with Gasteiger partial charge in [-0.25, -0.2) is 9.59 Å². The SMILES string of the molecule is CC(O[Si](C)(C)C(C)(C)C)C1CCC(NC(=O)OC(C)(C)C)CN1C(=O)O. The topological polar surface area (TPSA) is 88.1 Å². The summed E-state index contributed by atoms with van der Waals surface area (Å²) in [5, 5.41) is 12.5. The molecule has 0 aromatic heterocycles. The number of nitrogens with zero attached hydrogens (tertiary/aromatic N) is 1. The molecule has 2 amide bonds. The molecule has 7 nitrogen and oxygen atoms in total. The number of amides is 2. The van der Waals surface area contributed by atoms with E-state index in [0.717, 1.165) is 0 Å². The molecule has 3 unspecified atom stereocenters. The van der Waals surface area contributed by atoms with Gasteiger partial charge in [0.05, 0.1) is 12.1 Å². The molecule has 1 rings (SSSR count). The van der Waals surface area contributed by atoms with E-state index >= 15 is 0 Å². The van der Waals surface area contributed by atoms with Crippen LogP contribution in [0.1, 0.15) is 61.3 Å². The summed E-state index contributed by atoms with van der Waals surface area (Å²) >= 11 is 0. The van der Waals surface area contributed by atoms with E-state index in [4.69, 9.17) is 9.16 Å². The van der Waals surface area contributed by atoms with Gasteiger partial charge in [-0.1, -0.05) is 20.8 Å². The Labute approximate surface area is 164 Å². The van der Waals surface area contributed by atoms with Gasteiger partial charge in [0.15, 0.2) is 8.32 Å². The van der Waals surface area contributed by atoms with Crippen LogP contribution < -0.4 is 5.32 Å². The smallest absolute Gasteiger partial charge is 0.407 e. The number of likely N-dealkylation sites (tertiary alicyclic amines) is 1. The molecule has 8 heteroatoms. The summed E-state index contributed by atoms with van der Waals surface area (Å²) in [6.45, 7) is 18.4. The van der Waals surface area contributed by atoms with Crippen molar-refractivity contribution in [2.45, 2.75) is 103 Å². The van der Waals surface area contributed by atoms with Gasteiger partial charge in [0.1, 0.15) is 5.60 Å². The number of carboxylic acid groups (broad SMARTS) is 1. The lowest BCUT2D eigenvalue weighted by Gasteiger charge is -2.45. The van der Waals surface area contributed by atoms with Crippen LogP contribution in [0.4, 0.5) is 9.59 Å². The first-order valence-corrected chi connectivity index (χ1v) is 12.6. The summed E-state index contributed by atoms with van der Waals surface area (Å²) < 4.78 is 11.7. The van der Waals surface area contributed by atoms with E-state index in [2.05, 4.69) is 39.2 Å². The number of rotatable bonds is 4. The van der Waals surface area contributed by atoms with E-state index in [-0.39, 0.29) is 29.8 Å². The molecule has 0 aromatic rings. The third-order valence-electron chi connectivity index (χ3n) is 5.42. The lowest BCUT2D eigenvalue weighted by atomic mass is 9.95. The summed E-state index contributed by atoms with van der Waals surface area (Å²) in [5.74, 6) is 0. The number of hydrogen-bond donors (Lipinski definition) is 2. The maximum Gasteiger partial charge on any atom is 0.407 e. The van der Waals surface area contributed by atoms with Gasteiger partial charge in [0.25, 0.3) is 0 Å². The molecule has 0 bridgehead atoms. The van der Waals surface area contributed by atoms with E-state index in [9.17, 15) is 14.7 Å². The van der Waals surface area contributed by atoms with Crippen LogP contribution in [0.3, 0.4) is 0 Å². The molecule has 1 saturated heterocycles. The van der Waals surface area contributed by atoms with Crippen LogP contribution in [0.25, 0.3) is 0 Å². The van der Waals surface area contributed by atoms with Crippen molar-refractivity contribution < 1.29 is 23.9 Å². The summed E-state index contributed by atoms with van der Waals surface area (Å²) in [5.41, 5.74) is -0.584. The van der Waals surface area contributed by atoms with Gasteiger partial charge in [-0.05, 0) is 58.7 Å². The Morgan fingerprint density at radius 2 is 1.70 bits per heavy atom. The highest BCUT2D eigenvalue weighted by atomic mass is 28.4. The Hall–Kier alpha value is -1.28. The first-order valence-electron chi connectivity index (χ1n) is 9.70. The van der Waals surface area contributed by atoms with Crippen molar-refractivity contribution in [1.29, 1.82) is 0 Å². The highest BCUT2D eigenvalue weighted by Crippen LogP contribution is 2.38. The molecule has 0 aliphatic carbocycles. The lowest BCUT2D eigenvalue weighted by Crippen LogP contribution is -2.58. The number of piperidine rings is 1. The summed E-state index contributed by atoms with van der Waals surface area (Å²) in [7, 11) is -2.00. The van der Waals surface area contributed by atoms with E-state index in [0.29, 0.717) is 12.8 Å². The van der Waals surface area contributed by atoms with E-state index < -0.39 is 26.1 Å². The van der Waals surface area contributed by atoms with Crippen LogP contribution in [0.15, 0.2) is 0 Å². The van der Waals surface area contributed by atoms with Gasteiger partial charge in [-0.2, -0.15) is 0 Å². The molecule has 1 aliphatic heterocycles. The van der Waals surface area contributed by atoms with Crippen LogP contribution in [0.2, 0.25) is 18.1 Å². The Balaban J connectivity index is 2.78. The van der Waals surface area contributed by atoms with Crippen molar-refractivity contribution >= 4 is 20.5 Å². The molecule has 0 radical (unpaired) electrons. The fraction of sp³-hybridized carbons (Fsp3) is 0.895. The zero-order chi connectivity index (χ0) is 21.2. The molecule has 1 aliphatic rings. The highest BCUT2D eigenvalue weighted by molar-refractivity contribution is 6.74. The molecule has 158 valence electrons. The van der Waals surface area contributed by atoms with Crippen LogP contribution in [-0.4, -0.2) is 60.8 Å². The van der Waals surface area contributed by atoms with Crippen LogP contribution >= 0.6 is 0 Å². The second kappa shape index (κ2) is 8.39. The van der Waals surface area contributed by atoms with Gasteiger partial charge >= 0.3 is 12.2 Å². The van der Waals surface area contributed by atoms with Crippen molar-refractivity contribution in [3.05, 3.63) is 0 Å². The van der Waals surface area contributed by atoms with Crippen molar-refractivity contribution in [2.75, 3.05) is 6.54 Å². The average Bonchev–Trinajstić information content (AvgIpc) is 2.43. The normalized spacial score (nSPS) is 22.9. The highest BCUT2D eigenvalue weighted by Gasteiger charge is 2.42. The minimum atomic E-state index is -2.00. The zero-order valence-electron chi connectivity index (χ0n) is 18.4. The quantitative estimate of drug-likeness (QED) is 0.679. The molecule has 0 spiro atoms. The second-order valence-electron chi connectivity index (χ2n) is 10.0. The number of carbonyl (C=O) groups excluding carboxylic acids is 1. The number of alkyl carbamates (subject to hydrolysis) is 1. The number of ether oxygens (including phenoxy) is 1. The van der Waals surface area contributed by atoms with Gasteiger partial charge < -0.3 is 24.5 Å². The molecular formula is C19H38N2O5Si. The van der Waals surface area contributed by atoms with E-state index in [1.807, 2.05) is 6.92 Å². The molecule has 0 aromatic carbocycles. The van der Waals surface area contributed by atoms with E-state index in [1.165, 1.54) is 4.90 Å². The molecule has 2 N–H and O–H groups in total. The van der Waals surface area contributed by atoms with Gasteiger partial charge in [-0.3, -0.25) is 0 Å². The van der Waals surface area contributed by atoms with Crippen molar-refractivity contribution in [3.8, 4) is 0 Å².